The van der Waals surface area contributed by atoms with Crippen LogP contribution in [0.3, 0.4) is 0 Å². The molecule has 1 amide bonds. The molecule has 0 spiro atoms. The van der Waals surface area contributed by atoms with Crippen LogP contribution in [0.1, 0.15) is 35.5 Å². The minimum Gasteiger partial charge on any atom is -0.458 e. The Morgan fingerprint density at radius 1 is 1.29 bits per heavy atom. The SMILES string of the molecule is Cc1ccccc1C(=O)N[C@H](C(=O)OCc1cc(=O)n2ccsc2n1)C(C)C. The highest BCUT2D eigenvalue weighted by Gasteiger charge is 2.26. The molecule has 0 saturated carbocycles. The zero-order valence-electron chi connectivity index (χ0n) is 15.8. The highest BCUT2D eigenvalue weighted by atomic mass is 32.1. The number of hydrogen-bond acceptors (Lipinski definition) is 6. The summed E-state index contributed by atoms with van der Waals surface area (Å²) in [6.07, 6.45) is 1.64. The molecule has 3 aromatic rings. The topological polar surface area (TPSA) is 89.8 Å². The summed E-state index contributed by atoms with van der Waals surface area (Å²) in [5.41, 5.74) is 1.47. The third-order valence-electron chi connectivity index (χ3n) is 4.32. The van der Waals surface area contributed by atoms with E-state index in [2.05, 4.69) is 10.3 Å². The van der Waals surface area contributed by atoms with Crippen LogP contribution in [-0.4, -0.2) is 27.3 Å². The number of fused-ring (bicyclic) bond motifs is 1. The van der Waals surface area contributed by atoms with Crippen molar-refractivity contribution in [3.8, 4) is 0 Å². The summed E-state index contributed by atoms with van der Waals surface area (Å²) >= 11 is 1.32. The molecule has 0 unspecified atom stereocenters. The zero-order valence-corrected chi connectivity index (χ0v) is 16.7. The predicted octanol–water partition coefficient (Wildman–Crippen LogP) is 2.56. The van der Waals surface area contributed by atoms with Gasteiger partial charge in [0.2, 0.25) is 0 Å². The van der Waals surface area contributed by atoms with E-state index in [4.69, 9.17) is 4.74 Å². The van der Waals surface area contributed by atoms with E-state index in [0.717, 1.165) is 5.56 Å². The van der Waals surface area contributed by atoms with Crippen LogP contribution in [-0.2, 0) is 16.1 Å². The number of nitrogens with one attached hydrogen (secondary N) is 1. The third-order valence-corrected chi connectivity index (χ3v) is 5.07. The van der Waals surface area contributed by atoms with Crippen LogP contribution in [0.5, 0.6) is 0 Å². The number of thiazole rings is 1. The predicted molar refractivity (Wildman–Crippen MR) is 106 cm³/mol. The van der Waals surface area contributed by atoms with Crippen molar-refractivity contribution in [2.75, 3.05) is 0 Å². The van der Waals surface area contributed by atoms with Gasteiger partial charge in [0, 0.05) is 23.2 Å². The fraction of sp³-hybridized carbons (Fsp3) is 0.300. The summed E-state index contributed by atoms with van der Waals surface area (Å²) in [7, 11) is 0. The Labute approximate surface area is 166 Å². The van der Waals surface area contributed by atoms with Gasteiger partial charge in [-0.1, -0.05) is 32.0 Å². The first-order chi connectivity index (χ1) is 13.4. The van der Waals surface area contributed by atoms with Crippen LogP contribution >= 0.6 is 11.3 Å². The van der Waals surface area contributed by atoms with Gasteiger partial charge in [-0.05, 0) is 24.5 Å². The second kappa shape index (κ2) is 8.35. The van der Waals surface area contributed by atoms with Crippen LogP contribution in [0.15, 0.2) is 46.7 Å². The third kappa shape index (κ3) is 4.28. The number of rotatable bonds is 6. The Kier molecular flexibility index (Phi) is 5.89. The van der Waals surface area contributed by atoms with Gasteiger partial charge >= 0.3 is 5.97 Å². The summed E-state index contributed by atoms with van der Waals surface area (Å²) in [4.78, 5) is 42.0. The maximum atomic E-state index is 12.6. The van der Waals surface area contributed by atoms with Gasteiger partial charge in [-0.15, -0.1) is 11.3 Å². The molecule has 2 aromatic heterocycles. The second-order valence-corrected chi connectivity index (χ2v) is 7.63. The van der Waals surface area contributed by atoms with Crippen molar-refractivity contribution in [1.82, 2.24) is 14.7 Å². The number of amides is 1. The number of aryl methyl sites for hydroxylation is 1. The number of ether oxygens (including phenoxy) is 1. The van der Waals surface area contributed by atoms with Crippen molar-refractivity contribution in [3.05, 3.63) is 69.1 Å². The molecule has 1 aromatic carbocycles. The highest BCUT2D eigenvalue weighted by Crippen LogP contribution is 2.12. The summed E-state index contributed by atoms with van der Waals surface area (Å²) in [5.74, 6) is -1.06. The van der Waals surface area contributed by atoms with Gasteiger partial charge in [-0.3, -0.25) is 14.0 Å². The molecule has 3 rings (SSSR count). The molecule has 1 N–H and O–H groups in total. The van der Waals surface area contributed by atoms with Gasteiger partial charge in [0.25, 0.3) is 11.5 Å². The average Bonchev–Trinajstić information content (AvgIpc) is 3.13. The van der Waals surface area contributed by atoms with Crippen LogP contribution in [0.25, 0.3) is 4.96 Å². The molecule has 0 radical (unpaired) electrons. The van der Waals surface area contributed by atoms with Crippen LogP contribution in [0, 0.1) is 12.8 Å². The fourth-order valence-corrected chi connectivity index (χ4v) is 3.48. The molecular formula is C20H21N3O4S. The van der Waals surface area contributed by atoms with E-state index in [1.54, 1.807) is 23.7 Å². The lowest BCUT2D eigenvalue weighted by atomic mass is 10.0. The normalized spacial score (nSPS) is 12.1. The number of aromatic nitrogens is 2. The van der Waals surface area contributed by atoms with Crippen molar-refractivity contribution < 1.29 is 14.3 Å². The molecule has 0 aliphatic carbocycles. The number of carbonyl (C=O) groups excluding carboxylic acids is 2. The van der Waals surface area contributed by atoms with E-state index in [1.807, 2.05) is 32.9 Å². The van der Waals surface area contributed by atoms with Gasteiger partial charge in [0.15, 0.2) is 4.96 Å². The van der Waals surface area contributed by atoms with Gasteiger partial charge in [0.05, 0.1) is 5.69 Å². The lowest BCUT2D eigenvalue weighted by Crippen LogP contribution is -2.45. The Hall–Kier alpha value is -3.00. The quantitative estimate of drug-likeness (QED) is 0.644. The molecule has 0 aliphatic rings. The minimum absolute atomic E-state index is 0.133. The van der Waals surface area contributed by atoms with Gasteiger partial charge in [0.1, 0.15) is 12.6 Å². The Bertz CT molecular complexity index is 1070. The largest absolute Gasteiger partial charge is 0.458 e. The first-order valence-corrected chi connectivity index (χ1v) is 9.73. The summed E-state index contributed by atoms with van der Waals surface area (Å²) in [6, 6.07) is 7.70. The minimum atomic E-state index is -0.807. The van der Waals surface area contributed by atoms with Crippen molar-refractivity contribution in [2.45, 2.75) is 33.4 Å². The molecule has 7 nitrogen and oxygen atoms in total. The lowest BCUT2D eigenvalue weighted by Gasteiger charge is -2.21. The lowest BCUT2D eigenvalue weighted by molar-refractivity contribution is -0.148. The number of benzene rings is 1. The van der Waals surface area contributed by atoms with E-state index < -0.39 is 12.0 Å². The van der Waals surface area contributed by atoms with Crippen molar-refractivity contribution >= 4 is 28.2 Å². The van der Waals surface area contributed by atoms with E-state index in [-0.39, 0.29) is 24.0 Å². The van der Waals surface area contributed by atoms with Gasteiger partial charge in [-0.2, -0.15) is 0 Å². The molecule has 8 heteroatoms. The van der Waals surface area contributed by atoms with Crippen molar-refractivity contribution in [1.29, 1.82) is 0 Å². The molecule has 146 valence electrons. The first-order valence-electron chi connectivity index (χ1n) is 8.85. The number of esters is 1. The van der Waals surface area contributed by atoms with Crippen LogP contribution in [0.4, 0.5) is 0 Å². The summed E-state index contributed by atoms with van der Waals surface area (Å²) in [6.45, 7) is 5.35. The molecule has 0 aliphatic heterocycles. The van der Waals surface area contributed by atoms with Crippen LogP contribution in [0.2, 0.25) is 0 Å². The van der Waals surface area contributed by atoms with E-state index in [0.29, 0.717) is 16.2 Å². The van der Waals surface area contributed by atoms with Gasteiger partial charge < -0.3 is 10.1 Å². The molecule has 0 bridgehead atoms. The zero-order chi connectivity index (χ0) is 20.3. The Morgan fingerprint density at radius 2 is 2.04 bits per heavy atom. The number of nitrogens with zero attached hydrogens (tertiary/aromatic N) is 2. The number of hydrogen-bond donors (Lipinski definition) is 1. The van der Waals surface area contributed by atoms with E-state index in [9.17, 15) is 14.4 Å². The highest BCUT2D eigenvalue weighted by molar-refractivity contribution is 7.15. The first kappa shape index (κ1) is 19.8. The Balaban J connectivity index is 1.69. The molecule has 0 saturated heterocycles. The smallest absolute Gasteiger partial charge is 0.329 e. The molecule has 1 atom stereocenters. The molecule has 28 heavy (non-hydrogen) atoms. The molecule has 0 fully saturated rings. The van der Waals surface area contributed by atoms with E-state index in [1.165, 1.54) is 21.8 Å². The van der Waals surface area contributed by atoms with Crippen LogP contribution < -0.4 is 10.9 Å². The second-order valence-electron chi connectivity index (χ2n) is 6.76. The molecular weight excluding hydrogens is 378 g/mol. The van der Waals surface area contributed by atoms with Crippen molar-refractivity contribution in [2.24, 2.45) is 5.92 Å². The summed E-state index contributed by atoms with van der Waals surface area (Å²) in [5, 5.41) is 4.51. The maximum Gasteiger partial charge on any atom is 0.329 e. The van der Waals surface area contributed by atoms with E-state index >= 15 is 0 Å². The van der Waals surface area contributed by atoms with Crippen molar-refractivity contribution in [3.63, 3.8) is 0 Å². The monoisotopic (exact) mass is 399 g/mol. The fourth-order valence-electron chi connectivity index (χ4n) is 2.74. The molecule has 2 heterocycles. The maximum absolute atomic E-state index is 12.6. The standard InChI is InChI=1S/C20H21N3O4S/c1-12(2)17(22-18(25)15-7-5-4-6-13(15)3)19(26)27-11-14-10-16(24)23-8-9-28-20(23)21-14/h4-10,12,17H,11H2,1-3H3,(H,22,25)/t17-/m0/s1. The number of carbonyl (C=O) groups is 2. The average molecular weight is 399 g/mol. The van der Waals surface area contributed by atoms with Gasteiger partial charge in [-0.25, -0.2) is 9.78 Å². The Morgan fingerprint density at radius 3 is 2.75 bits per heavy atom. The summed E-state index contributed by atoms with van der Waals surface area (Å²) < 4.78 is 6.77.